The smallest absolute Gasteiger partial charge is 0.258 e. The lowest BCUT2D eigenvalue weighted by Crippen LogP contribution is -2.45. The predicted molar refractivity (Wildman–Crippen MR) is 162 cm³/mol. The van der Waals surface area contributed by atoms with Crippen molar-refractivity contribution in [1.29, 1.82) is 0 Å². The molecule has 2 fully saturated rings. The lowest BCUT2D eigenvalue weighted by molar-refractivity contribution is -0.108. The number of rotatable bonds is 7. The average Bonchev–Trinajstić information content (AvgIpc) is 3.39. The number of hydrogen-bond acceptors (Lipinski definition) is 7. The number of nitrogens with zero attached hydrogens (tertiary/aromatic N) is 4. The molecule has 3 unspecified atom stereocenters. The van der Waals surface area contributed by atoms with Crippen molar-refractivity contribution >= 4 is 29.5 Å². The van der Waals surface area contributed by atoms with Crippen LogP contribution in [-0.4, -0.2) is 87.7 Å². The molecule has 2 N–H and O–H groups in total. The molecule has 3 aliphatic heterocycles. The van der Waals surface area contributed by atoms with Crippen LogP contribution in [0, 0.1) is 5.92 Å². The SMILES string of the molecule is CN1CCN(c2ccc(C(=O)NC3=NNC4C=CC(CC5=CC(F)CC(F)=C5)=CC34)c(N(C=O)C3CCOCC3)c2)CC1. The topological polar surface area (TPSA) is 89.5 Å². The summed E-state index contributed by atoms with van der Waals surface area (Å²) in [5, 5.41) is 7.41. The Morgan fingerprint density at radius 1 is 1.19 bits per heavy atom. The van der Waals surface area contributed by atoms with Gasteiger partial charge in [0.2, 0.25) is 6.41 Å². The highest BCUT2D eigenvalue weighted by Crippen LogP contribution is 2.32. The zero-order valence-corrected chi connectivity index (χ0v) is 24.3. The third kappa shape index (κ3) is 6.57. The van der Waals surface area contributed by atoms with E-state index in [1.54, 1.807) is 11.0 Å². The normalized spacial score (nSPS) is 26.0. The van der Waals surface area contributed by atoms with Gasteiger partial charge in [0.05, 0.1) is 23.2 Å². The summed E-state index contributed by atoms with van der Waals surface area (Å²) in [5.74, 6) is -0.615. The number of benzene rings is 1. The van der Waals surface area contributed by atoms with Crippen molar-refractivity contribution in [1.82, 2.24) is 15.6 Å². The number of anilines is 2. The van der Waals surface area contributed by atoms with E-state index in [2.05, 4.69) is 32.7 Å². The molecule has 2 amide bonds. The van der Waals surface area contributed by atoms with Crippen LogP contribution in [0.3, 0.4) is 0 Å². The van der Waals surface area contributed by atoms with E-state index in [0.717, 1.165) is 43.8 Å². The van der Waals surface area contributed by atoms with Crippen LogP contribution in [0.5, 0.6) is 0 Å². The van der Waals surface area contributed by atoms with Gasteiger partial charge in [-0.25, -0.2) is 8.78 Å². The van der Waals surface area contributed by atoms with E-state index < -0.39 is 12.0 Å². The molecule has 2 saturated heterocycles. The summed E-state index contributed by atoms with van der Waals surface area (Å²) in [7, 11) is 2.10. The number of fused-ring (bicyclic) bond motifs is 1. The van der Waals surface area contributed by atoms with Gasteiger partial charge in [-0.15, -0.1) is 0 Å². The second-order valence-electron chi connectivity index (χ2n) is 11.8. The Hall–Kier alpha value is -3.83. The average molecular weight is 593 g/mol. The van der Waals surface area contributed by atoms with Crippen LogP contribution in [0.2, 0.25) is 0 Å². The van der Waals surface area contributed by atoms with Crippen LogP contribution < -0.4 is 20.5 Å². The maximum Gasteiger partial charge on any atom is 0.258 e. The van der Waals surface area contributed by atoms with E-state index in [0.29, 0.717) is 55.1 Å². The van der Waals surface area contributed by atoms with E-state index in [9.17, 15) is 18.4 Å². The molecule has 2 aliphatic carbocycles. The lowest BCUT2D eigenvalue weighted by Gasteiger charge is -2.36. The number of allylic oxidation sites excluding steroid dienone is 6. The summed E-state index contributed by atoms with van der Waals surface area (Å²) in [6.45, 7) is 4.72. The van der Waals surface area contributed by atoms with Crippen LogP contribution in [-0.2, 0) is 9.53 Å². The van der Waals surface area contributed by atoms with E-state index >= 15 is 0 Å². The summed E-state index contributed by atoms with van der Waals surface area (Å²) in [5.41, 5.74) is 6.47. The number of alkyl halides is 1. The number of amides is 2. The molecule has 0 aromatic heterocycles. The first-order chi connectivity index (χ1) is 20.9. The van der Waals surface area contributed by atoms with Crippen molar-refractivity contribution in [2.75, 3.05) is 56.2 Å². The Bertz CT molecular complexity index is 1390. The number of nitrogens with one attached hydrogen (secondary N) is 2. The maximum atomic E-state index is 13.9. The lowest BCUT2D eigenvalue weighted by atomic mass is 9.88. The zero-order chi connectivity index (χ0) is 29.9. The molecule has 228 valence electrons. The summed E-state index contributed by atoms with van der Waals surface area (Å²) < 4.78 is 33.3. The van der Waals surface area contributed by atoms with Gasteiger partial charge in [0.15, 0.2) is 0 Å². The first kappa shape index (κ1) is 29.3. The van der Waals surface area contributed by atoms with Crippen LogP contribution in [0.4, 0.5) is 20.2 Å². The minimum absolute atomic E-state index is 0.0683. The van der Waals surface area contributed by atoms with Crippen LogP contribution >= 0.6 is 0 Å². The number of halogens is 2. The van der Waals surface area contributed by atoms with Crippen LogP contribution in [0.1, 0.15) is 36.0 Å². The standard InChI is InChI=1S/C32H38F2N6O3/c1-38-8-10-39(11-9-38)26-3-4-27(30(19-26)40(20-41)25-6-12-43-13-7-25)32(42)35-31-28-17-21(2-5-29(28)36-37-31)14-22-15-23(33)18-24(34)16-22/h2-5,15-17,19-20,23,25,28-29,36H,6-14,18H2,1H3,(H,35,37,42). The number of likely N-dealkylation sites (N-methyl/N-ethyl adjacent to an activating group) is 1. The van der Waals surface area contributed by atoms with E-state index in [1.165, 1.54) is 12.2 Å². The maximum absolute atomic E-state index is 13.9. The fourth-order valence-electron chi connectivity index (χ4n) is 6.36. The Morgan fingerprint density at radius 3 is 2.72 bits per heavy atom. The summed E-state index contributed by atoms with van der Waals surface area (Å²) in [6.07, 6.45) is 9.75. The van der Waals surface area contributed by atoms with Crippen molar-refractivity contribution in [3.8, 4) is 0 Å². The molecular formula is C32H38F2N6O3. The number of amidine groups is 1. The predicted octanol–water partition coefficient (Wildman–Crippen LogP) is 3.62. The van der Waals surface area contributed by atoms with Gasteiger partial charge in [0, 0.05) is 57.5 Å². The Kier molecular flexibility index (Phi) is 8.71. The number of carbonyl (C=O) groups is 2. The van der Waals surface area contributed by atoms with Crippen LogP contribution in [0.15, 0.2) is 70.7 Å². The van der Waals surface area contributed by atoms with Crippen molar-refractivity contribution in [3.05, 3.63) is 71.1 Å². The first-order valence-corrected chi connectivity index (χ1v) is 15.0. The molecule has 0 bridgehead atoms. The Morgan fingerprint density at radius 2 is 1.98 bits per heavy atom. The molecule has 5 aliphatic rings. The number of carbonyl (C=O) groups excluding carboxylic acids is 2. The van der Waals surface area contributed by atoms with Gasteiger partial charge in [0.1, 0.15) is 17.8 Å². The molecule has 11 heteroatoms. The number of ether oxygens (including phenoxy) is 1. The second-order valence-corrected chi connectivity index (χ2v) is 11.8. The van der Waals surface area contributed by atoms with E-state index in [-0.39, 0.29) is 30.3 Å². The summed E-state index contributed by atoms with van der Waals surface area (Å²) in [4.78, 5) is 32.6. The van der Waals surface area contributed by atoms with Crippen molar-refractivity contribution in [3.63, 3.8) is 0 Å². The molecule has 3 heterocycles. The van der Waals surface area contributed by atoms with Gasteiger partial charge < -0.3 is 30.2 Å². The molecule has 43 heavy (non-hydrogen) atoms. The number of hydrazone groups is 1. The second kappa shape index (κ2) is 12.8. The molecular weight excluding hydrogens is 554 g/mol. The summed E-state index contributed by atoms with van der Waals surface area (Å²) >= 11 is 0. The molecule has 0 spiro atoms. The van der Waals surface area contributed by atoms with Gasteiger partial charge in [-0.2, -0.15) is 5.10 Å². The fraction of sp³-hybridized carbons (Fsp3) is 0.469. The zero-order valence-electron chi connectivity index (χ0n) is 24.3. The highest BCUT2D eigenvalue weighted by molar-refractivity contribution is 6.12. The van der Waals surface area contributed by atoms with Crippen molar-refractivity contribution in [2.45, 2.75) is 43.9 Å². The van der Waals surface area contributed by atoms with E-state index in [4.69, 9.17) is 4.74 Å². The molecule has 0 radical (unpaired) electrons. The van der Waals surface area contributed by atoms with Crippen molar-refractivity contribution in [2.24, 2.45) is 11.0 Å². The highest BCUT2D eigenvalue weighted by atomic mass is 19.1. The molecule has 6 rings (SSSR count). The largest absolute Gasteiger partial charge is 0.381 e. The molecule has 9 nitrogen and oxygen atoms in total. The molecule has 1 aromatic carbocycles. The third-order valence-electron chi connectivity index (χ3n) is 8.80. The molecule has 0 saturated carbocycles. The van der Waals surface area contributed by atoms with Crippen LogP contribution in [0.25, 0.3) is 0 Å². The summed E-state index contributed by atoms with van der Waals surface area (Å²) in [6, 6.07) is 5.47. The quantitative estimate of drug-likeness (QED) is 0.471. The number of piperazine rings is 1. The Balaban J connectivity index is 1.23. The van der Waals surface area contributed by atoms with Gasteiger partial charge in [-0.05, 0) is 67.8 Å². The van der Waals surface area contributed by atoms with Gasteiger partial charge in [-0.3, -0.25) is 9.59 Å². The van der Waals surface area contributed by atoms with E-state index in [1.807, 2.05) is 30.4 Å². The highest BCUT2D eigenvalue weighted by Gasteiger charge is 2.33. The van der Waals surface area contributed by atoms with Gasteiger partial charge in [0.25, 0.3) is 5.91 Å². The Labute approximate surface area is 250 Å². The first-order valence-electron chi connectivity index (χ1n) is 15.0. The van der Waals surface area contributed by atoms with Gasteiger partial charge in [-0.1, -0.05) is 18.2 Å². The fourth-order valence-corrected chi connectivity index (χ4v) is 6.36. The third-order valence-corrected chi connectivity index (χ3v) is 8.80. The minimum Gasteiger partial charge on any atom is -0.381 e. The monoisotopic (exact) mass is 592 g/mol. The molecule has 1 aromatic rings. The number of hydrogen-bond donors (Lipinski definition) is 2. The van der Waals surface area contributed by atoms with Crippen molar-refractivity contribution < 1.29 is 23.1 Å². The molecule has 3 atom stereocenters. The minimum atomic E-state index is -1.32. The van der Waals surface area contributed by atoms with Gasteiger partial charge >= 0.3 is 0 Å².